The first-order valence-electron chi connectivity index (χ1n) is 15.5. The SMILES string of the molecule is C[C@@H](Oc1nc(-c2noc([C@@]3(C)CCCc4sc(N)c(C#N)c43)n2)nc(N2CCOC[C@](C)(O)C2)n1)[C@@]12CCCN1C[C@H](F)C2. The van der Waals surface area contributed by atoms with Crippen molar-refractivity contribution in [3.63, 3.8) is 0 Å². The number of nitrogens with two attached hydrogens (primary N) is 1. The maximum atomic E-state index is 14.6. The van der Waals surface area contributed by atoms with E-state index in [4.69, 9.17) is 29.7 Å². The standard InChI is InChI=1S/C30H38FN9O4S/c1-17(30-8-5-9-40(30)14-18(31)12-30)43-27-36-23(35-26(37-27)39-10-11-42-16-28(2,41)15-39)24-34-25(44-38-24)29(3)7-4-6-20-21(29)19(13-32)22(33)45-20/h17-18,41H,4-12,14-16,33H2,1-3H3/t17-,18-,28-,29+,30+/m1/s1. The lowest BCUT2D eigenvalue weighted by atomic mass is 9.72. The number of fused-ring (bicyclic) bond motifs is 2. The molecule has 4 aliphatic rings. The first-order valence-corrected chi connectivity index (χ1v) is 16.4. The first kappa shape index (κ1) is 30.2. The minimum absolute atomic E-state index is 0.0609. The summed E-state index contributed by atoms with van der Waals surface area (Å²) < 4.78 is 32.5. The van der Waals surface area contributed by atoms with Crippen molar-refractivity contribution in [3.8, 4) is 23.7 Å². The molecule has 240 valence electrons. The Morgan fingerprint density at radius 1 is 1.18 bits per heavy atom. The predicted octanol–water partition coefficient (Wildman–Crippen LogP) is 3.01. The monoisotopic (exact) mass is 639 g/mol. The van der Waals surface area contributed by atoms with E-state index in [0.29, 0.717) is 49.0 Å². The van der Waals surface area contributed by atoms with Crippen molar-refractivity contribution in [2.45, 2.75) is 88.1 Å². The molecule has 15 heteroatoms. The van der Waals surface area contributed by atoms with E-state index in [-0.39, 0.29) is 36.8 Å². The molecular weight excluding hydrogens is 601 g/mol. The Morgan fingerprint density at radius 2 is 2.02 bits per heavy atom. The topological polar surface area (TPSA) is 173 Å². The van der Waals surface area contributed by atoms with Gasteiger partial charge in [-0.1, -0.05) is 5.16 Å². The van der Waals surface area contributed by atoms with Crippen molar-refractivity contribution in [2.75, 3.05) is 50.0 Å². The summed E-state index contributed by atoms with van der Waals surface area (Å²) in [5.74, 6) is 0.905. The van der Waals surface area contributed by atoms with Crippen LogP contribution in [0.5, 0.6) is 6.01 Å². The number of ether oxygens (including phenoxy) is 2. The van der Waals surface area contributed by atoms with Gasteiger partial charge in [0.1, 0.15) is 28.9 Å². The van der Waals surface area contributed by atoms with Crippen molar-refractivity contribution in [2.24, 2.45) is 0 Å². The van der Waals surface area contributed by atoms with Gasteiger partial charge in [0.2, 0.25) is 23.5 Å². The van der Waals surface area contributed by atoms with E-state index >= 15 is 0 Å². The van der Waals surface area contributed by atoms with Gasteiger partial charge in [-0.25, -0.2) is 4.39 Å². The number of hydrogen-bond acceptors (Lipinski definition) is 14. The fourth-order valence-corrected chi connectivity index (χ4v) is 8.89. The van der Waals surface area contributed by atoms with Gasteiger partial charge < -0.3 is 29.7 Å². The highest BCUT2D eigenvalue weighted by molar-refractivity contribution is 7.16. The van der Waals surface area contributed by atoms with Gasteiger partial charge in [0, 0.05) is 30.0 Å². The Kier molecular flexibility index (Phi) is 7.46. The van der Waals surface area contributed by atoms with Crippen LogP contribution in [0.3, 0.4) is 0 Å². The molecule has 6 heterocycles. The fraction of sp³-hybridized carbons (Fsp3) is 0.667. The number of β-amino-alcohol motifs (C(OH)–C–C–N with tert-alkyl or cyclic N) is 1. The lowest BCUT2D eigenvalue weighted by molar-refractivity contribution is -0.0123. The van der Waals surface area contributed by atoms with E-state index in [1.807, 2.05) is 18.7 Å². The van der Waals surface area contributed by atoms with Gasteiger partial charge in [0.05, 0.1) is 36.3 Å². The van der Waals surface area contributed by atoms with Gasteiger partial charge in [0.15, 0.2) is 0 Å². The van der Waals surface area contributed by atoms with Crippen LogP contribution in [0.2, 0.25) is 0 Å². The van der Waals surface area contributed by atoms with Crippen LogP contribution in [0.25, 0.3) is 11.6 Å². The number of aromatic nitrogens is 5. The molecule has 0 bridgehead atoms. The second-order valence-electron chi connectivity index (χ2n) is 13.3. The third kappa shape index (κ3) is 5.21. The summed E-state index contributed by atoms with van der Waals surface area (Å²) in [5.41, 5.74) is 5.25. The molecule has 0 amide bonds. The zero-order valence-corrected chi connectivity index (χ0v) is 26.6. The quantitative estimate of drug-likeness (QED) is 0.403. The zero-order chi connectivity index (χ0) is 31.6. The minimum atomic E-state index is -1.13. The summed E-state index contributed by atoms with van der Waals surface area (Å²) >= 11 is 1.44. The lowest BCUT2D eigenvalue weighted by Crippen LogP contribution is -2.50. The van der Waals surface area contributed by atoms with Gasteiger partial charge in [-0.15, -0.1) is 11.3 Å². The molecular formula is C30H38FN9O4S. The largest absolute Gasteiger partial charge is 0.458 e. The Hall–Kier alpha value is -3.45. The van der Waals surface area contributed by atoms with Crippen molar-refractivity contribution in [3.05, 3.63) is 21.9 Å². The van der Waals surface area contributed by atoms with Crippen LogP contribution >= 0.6 is 11.3 Å². The van der Waals surface area contributed by atoms with E-state index in [2.05, 4.69) is 26.1 Å². The first-order chi connectivity index (χ1) is 21.5. The molecule has 0 aromatic carbocycles. The molecule has 5 atom stereocenters. The average molecular weight is 640 g/mol. The molecule has 0 spiro atoms. The molecule has 3 saturated heterocycles. The highest BCUT2D eigenvalue weighted by atomic mass is 32.1. The summed E-state index contributed by atoms with van der Waals surface area (Å²) in [6.45, 7) is 8.08. The minimum Gasteiger partial charge on any atom is -0.458 e. The number of nitrogen functional groups attached to an aromatic ring is 1. The number of halogens is 1. The number of alkyl halides is 1. The molecule has 3 aromatic rings. The maximum absolute atomic E-state index is 14.6. The molecule has 0 radical (unpaired) electrons. The Balaban J connectivity index is 1.27. The van der Waals surface area contributed by atoms with Crippen LogP contribution in [0.4, 0.5) is 15.3 Å². The zero-order valence-electron chi connectivity index (χ0n) is 25.8. The van der Waals surface area contributed by atoms with Crippen LogP contribution in [0.15, 0.2) is 4.52 Å². The van der Waals surface area contributed by atoms with Crippen LogP contribution in [0.1, 0.15) is 74.8 Å². The Bertz CT molecular complexity index is 1640. The summed E-state index contributed by atoms with van der Waals surface area (Å²) in [5, 5.41) is 25.6. The van der Waals surface area contributed by atoms with Gasteiger partial charge >= 0.3 is 6.01 Å². The van der Waals surface area contributed by atoms with Gasteiger partial charge in [-0.2, -0.15) is 25.2 Å². The fourth-order valence-electron chi connectivity index (χ4n) is 7.70. The summed E-state index contributed by atoms with van der Waals surface area (Å²) in [7, 11) is 0. The van der Waals surface area contributed by atoms with Crippen LogP contribution in [-0.2, 0) is 16.6 Å². The van der Waals surface area contributed by atoms with Crippen LogP contribution < -0.4 is 15.4 Å². The van der Waals surface area contributed by atoms with Gasteiger partial charge in [0.25, 0.3) is 0 Å². The third-order valence-electron chi connectivity index (χ3n) is 9.89. The molecule has 13 nitrogen and oxygen atoms in total. The Morgan fingerprint density at radius 3 is 2.84 bits per heavy atom. The molecule has 0 unspecified atom stereocenters. The summed E-state index contributed by atoms with van der Waals surface area (Å²) in [4.78, 5) is 23.8. The molecule has 3 aliphatic heterocycles. The van der Waals surface area contributed by atoms with Crippen LogP contribution in [-0.4, -0.2) is 97.9 Å². The van der Waals surface area contributed by atoms with Crippen molar-refractivity contribution >= 4 is 22.3 Å². The van der Waals surface area contributed by atoms with E-state index in [1.165, 1.54) is 11.3 Å². The Labute approximate surface area is 264 Å². The lowest BCUT2D eigenvalue weighted by Gasteiger charge is -2.37. The second kappa shape index (κ2) is 11.1. The smallest absolute Gasteiger partial charge is 0.322 e. The number of nitriles is 1. The maximum Gasteiger partial charge on any atom is 0.322 e. The number of aliphatic hydroxyl groups is 1. The van der Waals surface area contributed by atoms with E-state index in [0.717, 1.165) is 42.7 Å². The normalized spacial score (nSPS) is 30.8. The molecule has 3 aromatic heterocycles. The number of thiophene rings is 1. The summed E-state index contributed by atoms with van der Waals surface area (Å²) in [6.07, 6.45) is 3.34. The highest BCUT2D eigenvalue weighted by Crippen LogP contribution is 2.49. The highest BCUT2D eigenvalue weighted by Gasteiger charge is 2.53. The number of rotatable bonds is 6. The molecule has 45 heavy (non-hydrogen) atoms. The molecule has 3 fully saturated rings. The molecule has 7 rings (SSSR count). The van der Waals surface area contributed by atoms with Gasteiger partial charge in [-0.05, 0) is 59.4 Å². The predicted molar refractivity (Wildman–Crippen MR) is 163 cm³/mol. The van der Waals surface area contributed by atoms with E-state index in [1.54, 1.807) is 6.92 Å². The molecule has 3 N–H and O–H groups in total. The summed E-state index contributed by atoms with van der Waals surface area (Å²) in [6, 6.07) is 2.33. The molecule has 0 saturated carbocycles. The average Bonchev–Trinajstić information content (AvgIpc) is 3.75. The second-order valence-corrected chi connectivity index (χ2v) is 14.4. The number of aryl methyl sites for hydroxylation is 1. The molecule has 1 aliphatic carbocycles. The van der Waals surface area contributed by atoms with Crippen molar-refractivity contribution in [1.29, 1.82) is 5.26 Å². The number of hydrogen-bond donors (Lipinski definition) is 2. The van der Waals surface area contributed by atoms with Gasteiger partial charge in [-0.3, -0.25) is 4.90 Å². The van der Waals surface area contributed by atoms with Crippen molar-refractivity contribution < 1.29 is 23.5 Å². The third-order valence-corrected chi connectivity index (χ3v) is 11.0. The number of nitrogens with zero attached hydrogens (tertiary/aromatic N) is 8. The van der Waals surface area contributed by atoms with E-state index < -0.39 is 28.8 Å². The van der Waals surface area contributed by atoms with Crippen LogP contribution in [0, 0.1) is 11.3 Å². The van der Waals surface area contributed by atoms with E-state index in [9.17, 15) is 14.8 Å². The number of anilines is 2. The van der Waals surface area contributed by atoms with Crippen molar-refractivity contribution in [1.82, 2.24) is 30.0 Å².